The smallest absolute Gasteiger partial charge is 0.303 e. The highest BCUT2D eigenvalue weighted by molar-refractivity contribution is 5.96. The van der Waals surface area contributed by atoms with Crippen LogP contribution in [0.25, 0.3) is 0 Å². The number of ether oxygens (including phenoxy) is 3. The number of carbonyl (C=O) groups is 2. The lowest BCUT2D eigenvalue weighted by molar-refractivity contribution is -0.208. The fourth-order valence-corrected chi connectivity index (χ4v) is 2.73. The molecule has 0 aromatic rings. The summed E-state index contributed by atoms with van der Waals surface area (Å²) in [5.74, 6) is -0.708. The van der Waals surface area contributed by atoms with E-state index in [1.54, 1.807) is 6.08 Å². The number of hydrogen-bond acceptors (Lipinski definition) is 5. The number of esters is 1. The zero-order valence-electron chi connectivity index (χ0n) is 8.84. The molecule has 0 aromatic carbocycles. The lowest BCUT2D eigenvalue weighted by Gasteiger charge is -2.34. The Morgan fingerprint density at radius 1 is 1.44 bits per heavy atom. The Labute approximate surface area is 92.3 Å². The monoisotopic (exact) mass is 224 g/mol. The molecule has 0 bridgehead atoms. The van der Waals surface area contributed by atoms with Crippen LogP contribution in [0.15, 0.2) is 11.6 Å². The van der Waals surface area contributed by atoms with Crippen molar-refractivity contribution in [1.29, 1.82) is 0 Å². The van der Waals surface area contributed by atoms with Crippen molar-refractivity contribution in [1.82, 2.24) is 0 Å². The lowest BCUT2D eigenvalue weighted by atomic mass is 9.85. The number of rotatable bonds is 1. The Morgan fingerprint density at radius 3 is 3.00 bits per heavy atom. The first-order valence-corrected chi connectivity index (χ1v) is 5.31. The van der Waals surface area contributed by atoms with Crippen LogP contribution in [0.1, 0.15) is 6.92 Å². The molecule has 2 heterocycles. The van der Waals surface area contributed by atoms with Gasteiger partial charge < -0.3 is 14.2 Å². The molecule has 2 fully saturated rings. The molecule has 0 spiro atoms. The average molecular weight is 224 g/mol. The first-order chi connectivity index (χ1) is 7.66. The van der Waals surface area contributed by atoms with E-state index in [1.165, 1.54) is 6.92 Å². The third kappa shape index (κ3) is 1.32. The zero-order chi connectivity index (χ0) is 11.3. The van der Waals surface area contributed by atoms with Crippen molar-refractivity contribution in [2.24, 2.45) is 11.8 Å². The third-order valence-corrected chi connectivity index (χ3v) is 3.32. The molecular weight excluding hydrogens is 212 g/mol. The van der Waals surface area contributed by atoms with Crippen molar-refractivity contribution < 1.29 is 23.8 Å². The summed E-state index contributed by atoms with van der Waals surface area (Å²) >= 11 is 0. The summed E-state index contributed by atoms with van der Waals surface area (Å²) in [7, 11) is 0. The molecule has 0 unspecified atom stereocenters. The van der Waals surface area contributed by atoms with Crippen molar-refractivity contribution in [3.05, 3.63) is 11.6 Å². The summed E-state index contributed by atoms with van der Waals surface area (Å²) in [6.07, 6.45) is 0.803. The average Bonchev–Trinajstić information content (AvgIpc) is 2.73. The van der Waals surface area contributed by atoms with E-state index in [0.29, 0.717) is 6.61 Å². The van der Waals surface area contributed by atoms with E-state index in [-0.39, 0.29) is 36.5 Å². The van der Waals surface area contributed by atoms with Crippen LogP contribution < -0.4 is 0 Å². The lowest BCUT2D eigenvalue weighted by Crippen LogP contribution is -2.46. The fourth-order valence-electron chi connectivity index (χ4n) is 2.73. The predicted octanol–water partition coefficient (Wildman–Crippen LogP) is 0.0461. The van der Waals surface area contributed by atoms with Crippen LogP contribution in [-0.4, -0.2) is 37.4 Å². The topological polar surface area (TPSA) is 61.8 Å². The van der Waals surface area contributed by atoms with Crippen LogP contribution in [-0.2, 0) is 23.8 Å². The summed E-state index contributed by atoms with van der Waals surface area (Å²) in [6, 6.07) is 0. The minimum atomic E-state index is -0.471. The molecule has 5 nitrogen and oxygen atoms in total. The van der Waals surface area contributed by atoms with Crippen LogP contribution in [0.5, 0.6) is 0 Å². The maximum atomic E-state index is 11.8. The van der Waals surface area contributed by atoms with Crippen molar-refractivity contribution in [2.75, 3.05) is 13.2 Å². The summed E-state index contributed by atoms with van der Waals surface area (Å²) in [5.41, 5.74) is 0.969. The minimum absolute atomic E-state index is 0.0304. The van der Waals surface area contributed by atoms with E-state index in [2.05, 4.69) is 0 Å². The van der Waals surface area contributed by atoms with Gasteiger partial charge in [-0.15, -0.1) is 0 Å². The molecule has 3 aliphatic rings. The summed E-state index contributed by atoms with van der Waals surface area (Å²) < 4.78 is 16.0. The molecule has 4 atom stereocenters. The molecule has 16 heavy (non-hydrogen) atoms. The second-order valence-corrected chi connectivity index (χ2v) is 4.33. The highest BCUT2D eigenvalue weighted by atomic mass is 16.7. The van der Waals surface area contributed by atoms with Gasteiger partial charge in [0.05, 0.1) is 19.1 Å². The van der Waals surface area contributed by atoms with E-state index in [1.807, 2.05) is 0 Å². The van der Waals surface area contributed by atoms with Gasteiger partial charge in [0, 0.05) is 12.8 Å². The zero-order valence-corrected chi connectivity index (χ0v) is 8.84. The highest BCUT2D eigenvalue weighted by Crippen LogP contribution is 2.44. The molecule has 2 aliphatic heterocycles. The van der Waals surface area contributed by atoms with Gasteiger partial charge in [-0.05, 0) is 11.6 Å². The first kappa shape index (κ1) is 9.99. The number of allylic oxidation sites excluding steroid dienone is 1. The Kier molecular flexibility index (Phi) is 2.12. The Bertz CT molecular complexity index is 386. The molecule has 86 valence electrons. The number of hydrogen-bond donors (Lipinski definition) is 0. The van der Waals surface area contributed by atoms with E-state index in [4.69, 9.17) is 14.2 Å². The largest absolute Gasteiger partial charge is 0.459 e. The predicted molar refractivity (Wildman–Crippen MR) is 51.3 cm³/mol. The molecule has 2 saturated heterocycles. The van der Waals surface area contributed by atoms with Crippen LogP contribution in [0.2, 0.25) is 0 Å². The maximum Gasteiger partial charge on any atom is 0.303 e. The van der Waals surface area contributed by atoms with E-state index in [0.717, 1.165) is 5.57 Å². The Hall–Kier alpha value is -1.20. The van der Waals surface area contributed by atoms with Gasteiger partial charge in [0.15, 0.2) is 12.1 Å². The van der Waals surface area contributed by atoms with Crippen LogP contribution in [0, 0.1) is 11.8 Å². The maximum absolute atomic E-state index is 11.8. The molecule has 0 aromatic heterocycles. The number of carbonyl (C=O) groups excluding carboxylic acids is 2. The van der Waals surface area contributed by atoms with Gasteiger partial charge in [0.25, 0.3) is 0 Å². The van der Waals surface area contributed by atoms with Crippen molar-refractivity contribution in [3.63, 3.8) is 0 Å². The fraction of sp³-hybridized carbons (Fsp3) is 0.636. The molecule has 0 amide bonds. The van der Waals surface area contributed by atoms with Gasteiger partial charge in [-0.2, -0.15) is 0 Å². The second-order valence-electron chi connectivity index (χ2n) is 4.33. The SMILES string of the molecule is CC(=O)O[C@@H]1CO[C@@H]2OCC3=CC(=O)[C@H]1[C@@H]32. The molecule has 0 radical (unpaired) electrons. The van der Waals surface area contributed by atoms with Gasteiger partial charge in [-0.1, -0.05) is 0 Å². The van der Waals surface area contributed by atoms with Crippen LogP contribution in [0.4, 0.5) is 0 Å². The molecular formula is C11H12O5. The van der Waals surface area contributed by atoms with Crippen molar-refractivity contribution in [2.45, 2.75) is 19.3 Å². The van der Waals surface area contributed by atoms with Gasteiger partial charge in [-0.25, -0.2) is 0 Å². The summed E-state index contributed by atoms with van der Waals surface area (Å²) in [6.45, 7) is 2.02. The summed E-state index contributed by atoms with van der Waals surface area (Å²) in [4.78, 5) is 22.8. The van der Waals surface area contributed by atoms with Crippen LogP contribution in [0.3, 0.4) is 0 Å². The third-order valence-electron chi connectivity index (χ3n) is 3.32. The standard InChI is InChI=1S/C11H12O5/c1-5(12)16-8-4-15-11-9-6(3-14-11)2-7(13)10(8)9/h2,8-11H,3-4H2,1H3/t8-,9-,10-,11+/m1/s1. The molecule has 0 N–H and O–H groups in total. The second kappa shape index (κ2) is 3.40. The number of ketones is 1. The van der Waals surface area contributed by atoms with E-state index >= 15 is 0 Å². The van der Waals surface area contributed by atoms with E-state index < -0.39 is 6.10 Å². The van der Waals surface area contributed by atoms with E-state index in [9.17, 15) is 9.59 Å². The minimum Gasteiger partial charge on any atom is -0.459 e. The van der Waals surface area contributed by atoms with Gasteiger partial charge >= 0.3 is 5.97 Å². The summed E-state index contributed by atoms with van der Waals surface area (Å²) in [5, 5.41) is 0. The molecule has 3 rings (SSSR count). The van der Waals surface area contributed by atoms with Gasteiger partial charge in [0.1, 0.15) is 6.10 Å². The molecule has 5 heteroatoms. The highest BCUT2D eigenvalue weighted by Gasteiger charge is 2.53. The quantitative estimate of drug-likeness (QED) is 0.589. The van der Waals surface area contributed by atoms with Crippen LogP contribution >= 0.6 is 0 Å². The Balaban J connectivity index is 1.87. The van der Waals surface area contributed by atoms with Crippen molar-refractivity contribution >= 4 is 11.8 Å². The van der Waals surface area contributed by atoms with Gasteiger partial charge in [0.2, 0.25) is 0 Å². The Morgan fingerprint density at radius 2 is 2.25 bits per heavy atom. The normalized spacial score (nSPS) is 40.6. The van der Waals surface area contributed by atoms with Gasteiger partial charge in [-0.3, -0.25) is 9.59 Å². The molecule has 0 saturated carbocycles. The molecule has 1 aliphatic carbocycles. The van der Waals surface area contributed by atoms with Crippen molar-refractivity contribution in [3.8, 4) is 0 Å². The first-order valence-electron chi connectivity index (χ1n) is 5.31.